The summed E-state index contributed by atoms with van der Waals surface area (Å²) in [5.74, 6) is 3.70. The van der Waals surface area contributed by atoms with Crippen LogP contribution in [0.5, 0.6) is 0 Å². The Hall–Kier alpha value is -2.65. The van der Waals surface area contributed by atoms with Crippen LogP contribution in [0.3, 0.4) is 0 Å². The highest BCUT2D eigenvalue weighted by Gasteiger charge is 2.29. The van der Waals surface area contributed by atoms with Gasteiger partial charge in [-0.1, -0.05) is 18.2 Å². The van der Waals surface area contributed by atoms with Crippen LogP contribution in [-0.2, 0) is 9.59 Å². The first-order valence-electron chi connectivity index (χ1n) is 4.75. The predicted octanol–water partition coefficient (Wildman–Crippen LogP) is -0.0942. The fourth-order valence-corrected chi connectivity index (χ4v) is 1.66. The van der Waals surface area contributed by atoms with Crippen LogP contribution in [0.15, 0.2) is 29.8 Å². The second-order valence-electron chi connectivity index (χ2n) is 3.33. The molecule has 2 rings (SSSR count). The van der Waals surface area contributed by atoms with Crippen LogP contribution >= 0.6 is 0 Å². The third-order valence-corrected chi connectivity index (χ3v) is 2.39. The van der Waals surface area contributed by atoms with E-state index in [1.165, 1.54) is 0 Å². The van der Waals surface area contributed by atoms with Crippen LogP contribution in [0, 0.1) is 11.3 Å². The molecule has 0 bridgehead atoms. The molecule has 4 N–H and O–H groups in total. The highest BCUT2D eigenvalue weighted by Crippen LogP contribution is 2.33. The number of nitrogens with one attached hydrogen (secondary N) is 2. The molecule has 1 aliphatic heterocycles. The van der Waals surface area contributed by atoms with Gasteiger partial charge in [-0.3, -0.25) is 15.0 Å². The van der Waals surface area contributed by atoms with Crippen molar-refractivity contribution in [2.75, 3.05) is 5.32 Å². The minimum absolute atomic E-state index is 0.0473. The number of hydrogen-bond acceptors (Lipinski definition) is 4. The van der Waals surface area contributed by atoms with Crippen LogP contribution in [0.2, 0.25) is 0 Å². The monoisotopic (exact) mass is 228 g/mol. The Morgan fingerprint density at radius 3 is 2.76 bits per heavy atom. The van der Waals surface area contributed by atoms with E-state index in [0.29, 0.717) is 11.3 Å². The standard InChI is InChI=1S/C11H8N4O2/c12-5-7(10(16)15-13)9-6-3-1-2-4-8(6)14-11(9)17/h1-4H,13H2,(H,14,17)(H,15,16)/b9-7-. The Morgan fingerprint density at radius 1 is 1.41 bits per heavy atom. The van der Waals surface area contributed by atoms with Crippen LogP contribution < -0.4 is 16.6 Å². The molecule has 0 aliphatic carbocycles. The summed E-state index contributed by atoms with van der Waals surface area (Å²) < 4.78 is 0. The van der Waals surface area contributed by atoms with Crippen molar-refractivity contribution in [3.63, 3.8) is 0 Å². The van der Waals surface area contributed by atoms with Gasteiger partial charge < -0.3 is 5.32 Å². The number of nitriles is 1. The number of para-hydroxylation sites is 1. The average Bonchev–Trinajstić information content (AvgIpc) is 2.67. The lowest BCUT2D eigenvalue weighted by Crippen LogP contribution is -2.32. The van der Waals surface area contributed by atoms with Crippen molar-refractivity contribution in [1.29, 1.82) is 5.26 Å². The highest BCUT2D eigenvalue weighted by atomic mass is 16.2. The van der Waals surface area contributed by atoms with Gasteiger partial charge in [0.15, 0.2) is 0 Å². The van der Waals surface area contributed by atoms with E-state index < -0.39 is 11.8 Å². The second kappa shape index (κ2) is 4.08. The third-order valence-electron chi connectivity index (χ3n) is 2.39. The Balaban J connectivity index is 2.67. The van der Waals surface area contributed by atoms with Crippen molar-refractivity contribution in [3.8, 4) is 6.07 Å². The van der Waals surface area contributed by atoms with Gasteiger partial charge in [-0.15, -0.1) is 0 Å². The summed E-state index contributed by atoms with van der Waals surface area (Å²) >= 11 is 0. The Bertz CT molecular complexity index is 583. The SMILES string of the molecule is N#C/C(C(=O)NN)=C1/C(=O)Nc2ccccc21. The molecule has 0 fully saturated rings. The van der Waals surface area contributed by atoms with Crippen molar-refractivity contribution in [1.82, 2.24) is 5.43 Å². The molecular weight excluding hydrogens is 220 g/mol. The second-order valence-corrected chi connectivity index (χ2v) is 3.33. The lowest BCUT2D eigenvalue weighted by molar-refractivity contribution is -0.117. The molecule has 0 spiro atoms. The Kier molecular flexibility index (Phi) is 2.60. The van der Waals surface area contributed by atoms with Gasteiger partial charge in [-0.05, 0) is 6.07 Å². The smallest absolute Gasteiger partial charge is 0.276 e. The zero-order valence-corrected chi connectivity index (χ0v) is 8.65. The molecule has 0 saturated heterocycles. The van der Waals surface area contributed by atoms with Crippen molar-refractivity contribution in [3.05, 3.63) is 35.4 Å². The highest BCUT2D eigenvalue weighted by molar-refractivity contribution is 6.36. The number of carbonyl (C=O) groups is 2. The normalized spacial score (nSPS) is 15.6. The minimum Gasteiger partial charge on any atom is -0.321 e. The molecule has 84 valence electrons. The van der Waals surface area contributed by atoms with Gasteiger partial charge in [-0.25, -0.2) is 5.84 Å². The maximum atomic E-state index is 11.7. The van der Waals surface area contributed by atoms with E-state index in [-0.39, 0.29) is 11.1 Å². The fraction of sp³-hybridized carbons (Fsp3) is 0. The van der Waals surface area contributed by atoms with Gasteiger partial charge in [0.05, 0.1) is 5.57 Å². The number of carbonyl (C=O) groups excluding carboxylic acids is 2. The van der Waals surface area contributed by atoms with Gasteiger partial charge >= 0.3 is 0 Å². The van der Waals surface area contributed by atoms with E-state index in [9.17, 15) is 9.59 Å². The molecule has 6 heteroatoms. The maximum absolute atomic E-state index is 11.7. The molecule has 2 amide bonds. The molecule has 0 unspecified atom stereocenters. The molecular formula is C11H8N4O2. The molecule has 17 heavy (non-hydrogen) atoms. The number of anilines is 1. The molecule has 0 radical (unpaired) electrons. The summed E-state index contributed by atoms with van der Waals surface area (Å²) in [6.07, 6.45) is 0. The van der Waals surface area contributed by atoms with Gasteiger partial charge in [0.25, 0.3) is 11.8 Å². The van der Waals surface area contributed by atoms with Gasteiger partial charge in [0.1, 0.15) is 11.6 Å². The van der Waals surface area contributed by atoms with Crippen LogP contribution in [0.25, 0.3) is 5.57 Å². The van der Waals surface area contributed by atoms with Crippen molar-refractivity contribution in [2.24, 2.45) is 5.84 Å². The van der Waals surface area contributed by atoms with E-state index in [2.05, 4.69) is 5.32 Å². The number of nitrogens with two attached hydrogens (primary N) is 1. The Morgan fingerprint density at radius 2 is 2.12 bits per heavy atom. The fourth-order valence-electron chi connectivity index (χ4n) is 1.66. The zero-order chi connectivity index (χ0) is 12.4. The molecule has 1 aromatic carbocycles. The summed E-state index contributed by atoms with van der Waals surface area (Å²) in [4.78, 5) is 23.1. The molecule has 1 heterocycles. The lowest BCUT2D eigenvalue weighted by atomic mass is 10.0. The largest absolute Gasteiger partial charge is 0.321 e. The molecule has 1 aliphatic rings. The number of fused-ring (bicyclic) bond motifs is 1. The minimum atomic E-state index is -0.783. The van der Waals surface area contributed by atoms with Gasteiger partial charge in [0.2, 0.25) is 0 Å². The molecule has 6 nitrogen and oxygen atoms in total. The number of amides is 2. The van der Waals surface area contributed by atoms with Crippen LogP contribution in [-0.4, -0.2) is 11.8 Å². The summed E-state index contributed by atoms with van der Waals surface area (Å²) in [5, 5.41) is 11.5. The van der Waals surface area contributed by atoms with Crippen LogP contribution in [0.4, 0.5) is 5.69 Å². The predicted molar refractivity (Wildman–Crippen MR) is 59.9 cm³/mol. The third kappa shape index (κ3) is 1.64. The summed E-state index contributed by atoms with van der Waals surface area (Å²) in [6.45, 7) is 0. The maximum Gasteiger partial charge on any atom is 0.276 e. The van der Waals surface area contributed by atoms with Crippen molar-refractivity contribution < 1.29 is 9.59 Å². The van der Waals surface area contributed by atoms with Gasteiger partial charge in [-0.2, -0.15) is 5.26 Å². The Labute approximate surface area is 96.7 Å². The zero-order valence-electron chi connectivity index (χ0n) is 8.65. The van der Waals surface area contributed by atoms with E-state index in [0.717, 1.165) is 0 Å². The topological polar surface area (TPSA) is 108 Å². The number of hydrogen-bond donors (Lipinski definition) is 3. The molecule has 0 aromatic heterocycles. The van der Waals surface area contributed by atoms with E-state index in [4.69, 9.17) is 11.1 Å². The number of hydrazine groups is 1. The summed E-state index contributed by atoms with van der Waals surface area (Å²) in [6, 6.07) is 8.50. The quantitative estimate of drug-likeness (QED) is 0.205. The van der Waals surface area contributed by atoms with E-state index >= 15 is 0 Å². The average molecular weight is 228 g/mol. The van der Waals surface area contributed by atoms with Crippen molar-refractivity contribution in [2.45, 2.75) is 0 Å². The first-order valence-corrected chi connectivity index (χ1v) is 4.75. The number of nitrogens with zero attached hydrogens (tertiary/aromatic N) is 1. The first kappa shape index (κ1) is 10.9. The van der Waals surface area contributed by atoms with E-state index in [1.54, 1.807) is 30.3 Å². The molecule has 1 aromatic rings. The van der Waals surface area contributed by atoms with Gasteiger partial charge in [0, 0.05) is 11.3 Å². The lowest BCUT2D eigenvalue weighted by Gasteiger charge is -2.01. The molecule has 0 atom stereocenters. The van der Waals surface area contributed by atoms with E-state index in [1.807, 2.05) is 5.43 Å². The summed E-state index contributed by atoms with van der Waals surface area (Å²) in [7, 11) is 0. The first-order chi connectivity index (χ1) is 8.19. The number of benzene rings is 1. The summed E-state index contributed by atoms with van der Waals surface area (Å²) in [5.41, 5.74) is 2.70. The number of rotatable bonds is 1. The molecule has 0 saturated carbocycles. The van der Waals surface area contributed by atoms with Crippen LogP contribution in [0.1, 0.15) is 5.56 Å². The van der Waals surface area contributed by atoms with Crippen molar-refractivity contribution >= 4 is 23.1 Å².